The number of nitrogen functional groups attached to an aromatic ring is 1. The van der Waals surface area contributed by atoms with Gasteiger partial charge in [-0.15, -0.1) is 0 Å². The summed E-state index contributed by atoms with van der Waals surface area (Å²) in [6, 6.07) is 9.18. The van der Waals surface area contributed by atoms with Crippen molar-refractivity contribution in [3.8, 4) is 17.1 Å². The number of carbonyl (C=O) groups is 1. The Morgan fingerprint density at radius 3 is 2.68 bits per heavy atom. The van der Waals surface area contributed by atoms with Gasteiger partial charge in [-0.1, -0.05) is 17.7 Å². The van der Waals surface area contributed by atoms with Crippen LogP contribution < -0.4 is 15.8 Å². The summed E-state index contributed by atoms with van der Waals surface area (Å²) >= 11 is 6.36. The molecule has 0 spiro atoms. The molecule has 144 valence electrons. The molecule has 8 heteroatoms. The lowest BCUT2D eigenvalue weighted by Gasteiger charge is -2.12. The molecule has 0 saturated heterocycles. The second kappa shape index (κ2) is 7.24. The lowest BCUT2D eigenvalue weighted by Crippen LogP contribution is -2.25. The first kappa shape index (κ1) is 18.4. The summed E-state index contributed by atoms with van der Waals surface area (Å²) in [6.07, 6.45) is 1.97. The molecule has 0 unspecified atom stereocenters. The summed E-state index contributed by atoms with van der Waals surface area (Å²) in [5.74, 6) is 0.319. The first-order chi connectivity index (χ1) is 13.4. The molecule has 28 heavy (non-hydrogen) atoms. The van der Waals surface area contributed by atoms with Crippen LogP contribution in [0.25, 0.3) is 22.3 Å². The summed E-state index contributed by atoms with van der Waals surface area (Å²) in [5, 5.41) is 3.32. The summed E-state index contributed by atoms with van der Waals surface area (Å²) in [6.45, 7) is 3.80. The van der Waals surface area contributed by atoms with E-state index < -0.39 is 0 Å². The number of pyridine rings is 1. The summed E-state index contributed by atoms with van der Waals surface area (Å²) in [5.41, 5.74) is 8.79. The first-order valence-corrected chi connectivity index (χ1v) is 9.50. The maximum absolute atomic E-state index is 12.3. The number of fused-ring (bicyclic) bond motifs is 1. The van der Waals surface area contributed by atoms with Crippen molar-refractivity contribution in [1.29, 1.82) is 0 Å². The zero-order valence-electron chi connectivity index (χ0n) is 15.6. The molecule has 4 rings (SSSR count). The highest BCUT2D eigenvalue weighted by Gasteiger charge is 2.24. The predicted molar refractivity (Wildman–Crippen MR) is 108 cm³/mol. The van der Waals surface area contributed by atoms with E-state index in [0.29, 0.717) is 33.2 Å². The number of carbonyl (C=O) groups excluding carboxylic acids is 1. The lowest BCUT2D eigenvalue weighted by atomic mass is 10.1. The van der Waals surface area contributed by atoms with Crippen LogP contribution in [0.5, 0.6) is 5.88 Å². The van der Waals surface area contributed by atoms with Gasteiger partial charge in [0.1, 0.15) is 0 Å². The van der Waals surface area contributed by atoms with Crippen molar-refractivity contribution >= 4 is 34.5 Å². The molecule has 7 nitrogen and oxygen atoms in total. The molecule has 1 aliphatic rings. The van der Waals surface area contributed by atoms with Gasteiger partial charge in [0.15, 0.2) is 5.52 Å². The molecule has 1 fully saturated rings. The largest absolute Gasteiger partial charge is 0.473 e. The molecule has 1 aliphatic carbocycles. The SMILES string of the molecule is CC(C)Oc1nc(N)nc2ccc(-c3ccc(C(=O)NC4CC4)c(Cl)c3)nc12. The molecule has 0 aliphatic heterocycles. The average Bonchev–Trinajstić information content (AvgIpc) is 3.44. The van der Waals surface area contributed by atoms with Crippen LogP contribution in [-0.2, 0) is 0 Å². The van der Waals surface area contributed by atoms with E-state index in [-0.39, 0.29) is 24.0 Å². The summed E-state index contributed by atoms with van der Waals surface area (Å²) < 4.78 is 5.74. The number of nitrogens with two attached hydrogens (primary N) is 1. The van der Waals surface area contributed by atoms with Crippen molar-refractivity contribution in [2.24, 2.45) is 0 Å². The maximum atomic E-state index is 12.3. The Kier molecular flexibility index (Phi) is 4.77. The second-order valence-corrected chi connectivity index (χ2v) is 7.47. The number of rotatable bonds is 5. The number of nitrogens with one attached hydrogen (secondary N) is 1. The van der Waals surface area contributed by atoms with Crippen LogP contribution in [0.3, 0.4) is 0 Å². The van der Waals surface area contributed by atoms with E-state index in [2.05, 4.69) is 20.3 Å². The van der Waals surface area contributed by atoms with Crippen molar-refractivity contribution < 1.29 is 9.53 Å². The highest BCUT2D eigenvalue weighted by molar-refractivity contribution is 6.34. The number of hydrogen-bond acceptors (Lipinski definition) is 6. The van der Waals surface area contributed by atoms with Gasteiger partial charge in [0.2, 0.25) is 11.8 Å². The molecule has 2 heterocycles. The molecule has 1 amide bonds. The Morgan fingerprint density at radius 1 is 1.21 bits per heavy atom. The number of benzene rings is 1. The fourth-order valence-corrected chi connectivity index (χ4v) is 3.09. The topological polar surface area (TPSA) is 103 Å². The van der Waals surface area contributed by atoms with Crippen LogP contribution in [0.15, 0.2) is 30.3 Å². The number of aromatic nitrogens is 3. The number of hydrogen-bond donors (Lipinski definition) is 2. The standard InChI is InChI=1S/C20H20ClN5O2/c1-10(2)28-19-17-16(25-20(22)26-19)8-7-15(24-17)11-3-6-13(14(21)9-11)18(27)23-12-4-5-12/h3,6-10,12H,4-5H2,1-2H3,(H,23,27)(H2,22,25,26). The molecule has 1 aromatic carbocycles. The molecular weight excluding hydrogens is 378 g/mol. The molecule has 0 radical (unpaired) electrons. The highest BCUT2D eigenvalue weighted by Crippen LogP contribution is 2.29. The lowest BCUT2D eigenvalue weighted by molar-refractivity contribution is 0.0951. The molecule has 0 atom stereocenters. The van der Waals surface area contributed by atoms with E-state index in [9.17, 15) is 4.79 Å². The Bertz CT molecular complexity index is 1070. The average molecular weight is 398 g/mol. The molecule has 1 saturated carbocycles. The summed E-state index contributed by atoms with van der Waals surface area (Å²) in [4.78, 5) is 25.3. The second-order valence-electron chi connectivity index (χ2n) is 7.06. The van der Waals surface area contributed by atoms with E-state index in [1.807, 2.05) is 32.0 Å². The fourth-order valence-electron chi connectivity index (χ4n) is 2.82. The minimum atomic E-state index is -0.151. The third-order valence-corrected chi connectivity index (χ3v) is 4.61. The Hall–Kier alpha value is -2.93. The molecule has 3 aromatic rings. The van der Waals surface area contributed by atoms with E-state index in [0.717, 1.165) is 18.4 Å². The Morgan fingerprint density at radius 2 is 2.00 bits per heavy atom. The summed E-state index contributed by atoms with van der Waals surface area (Å²) in [7, 11) is 0. The van der Waals surface area contributed by atoms with Gasteiger partial charge in [-0.25, -0.2) is 9.97 Å². The van der Waals surface area contributed by atoms with Crippen molar-refractivity contribution in [3.63, 3.8) is 0 Å². The normalized spacial score (nSPS) is 13.7. The predicted octanol–water partition coefficient (Wildman–Crippen LogP) is 3.61. The van der Waals surface area contributed by atoms with Crippen LogP contribution in [-0.4, -0.2) is 33.0 Å². The van der Waals surface area contributed by atoms with Gasteiger partial charge in [-0.2, -0.15) is 4.98 Å². The van der Waals surface area contributed by atoms with Crippen LogP contribution in [0.4, 0.5) is 5.95 Å². The number of amides is 1. The molecular formula is C20H20ClN5O2. The first-order valence-electron chi connectivity index (χ1n) is 9.12. The van der Waals surface area contributed by atoms with Crippen LogP contribution in [0.1, 0.15) is 37.0 Å². The number of nitrogens with zero attached hydrogens (tertiary/aromatic N) is 3. The zero-order chi connectivity index (χ0) is 19.8. The van der Waals surface area contributed by atoms with Crippen molar-refractivity contribution in [1.82, 2.24) is 20.3 Å². The number of anilines is 1. The molecule has 0 bridgehead atoms. The van der Waals surface area contributed by atoms with Crippen molar-refractivity contribution in [2.75, 3.05) is 5.73 Å². The number of halogens is 1. The van der Waals surface area contributed by atoms with Gasteiger partial charge in [0.05, 0.1) is 27.9 Å². The van der Waals surface area contributed by atoms with Crippen molar-refractivity contribution in [3.05, 3.63) is 40.9 Å². The van der Waals surface area contributed by atoms with Crippen LogP contribution in [0.2, 0.25) is 5.02 Å². The van der Waals surface area contributed by atoms with Crippen molar-refractivity contribution in [2.45, 2.75) is 38.8 Å². The van der Waals surface area contributed by atoms with Crippen LogP contribution in [0, 0.1) is 0 Å². The van der Waals surface area contributed by atoms with E-state index in [4.69, 9.17) is 22.1 Å². The molecule has 3 N–H and O–H groups in total. The monoisotopic (exact) mass is 397 g/mol. The van der Waals surface area contributed by atoms with Crippen LogP contribution >= 0.6 is 11.6 Å². The highest BCUT2D eigenvalue weighted by atomic mass is 35.5. The molecule has 2 aromatic heterocycles. The third-order valence-electron chi connectivity index (χ3n) is 4.30. The Balaban J connectivity index is 1.71. The van der Waals surface area contributed by atoms with Gasteiger partial charge in [0, 0.05) is 11.6 Å². The van der Waals surface area contributed by atoms with Gasteiger partial charge in [0.25, 0.3) is 5.91 Å². The van der Waals surface area contributed by atoms with E-state index >= 15 is 0 Å². The minimum Gasteiger partial charge on any atom is -0.473 e. The van der Waals surface area contributed by atoms with Gasteiger partial charge >= 0.3 is 0 Å². The third kappa shape index (κ3) is 3.84. The quantitative estimate of drug-likeness (QED) is 0.681. The van der Waals surface area contributed by atoms with E-state index in [1.165, 1.54) is 0 Å². The number of ether oxygens (including phenoxy) is 1. The Labute approximate surface area is 167 Å². The maximum Gasteiger partial charge on any atom is 0.253 e. The van der Waals surface area contributed by atoms with Gasteiger partial charge in [-0.05, 0) is 51.0 Å². The minimum absolute atomic E-state index is 0.0818. The van der Waals surface area contributed by atoms with Gasteiger partial charge in [-0.3, -0.25) is 4.79 Å². The van der Waals surface area contributed by atoms with Gasteiger partial charge < -0.3 is 15.8 Å². The fraction of sp³-hybridized carbons (Fsp3) is 0.300. The zero-order valence-corrected chi connectivity index (χ0v) is 16.3. The van der Waals surface area contributed by atoms with E-state index in [1.54, 1.807) is 12.1 Å². The smallest absolute Gasteiger partial charge is 0.253 e.